The van der Waals surface area contributed by atoms with E-state index in [1.165, 1.54) is 0 Å². The van der Waals surface area contributed by atoms with Crippen LogP contribution in [0.25, 0.3) is 0 Å². The molecule has 1 aromatic carbocycles. The smallest absolute Gasteiger partial charge is 0.244 e. The highest BCUT2D eigenvalue weighted by Gasteiger charge is 2.29. The Balaban J connectivity index is 2.25. The first kappa shape index (κ1) is 13.4. The number of rotatable bonds is 3. The van der Waals surface area contributed by atoms with Crippen LogP contribution in [0.4, 0.5) is 0 Å². The molecule has 0 radical (unpaired) electrons. The van der Waals surface area contributed by atoms with Gasteiger partial charge in [-0.2, -0.15) is 11.8 Å². The minimum atomic E-state index is -0.123. The minimum absolute atomic E-state index is 0.123. The molecule has 0 N–H and O–H groups in total. The number of hydrogen-bond donors (Lipinski definition) is 0. The predicted octanol–water partition coefficient (Wildman–Crippen LogP) is 1.86. The molecular weight excluding hydrogens is 244 g/mol. The van der Waals surface area contributed by atoms with Gasteiger partial charge in [0.15, 0.2) is 0 Å². The minimum Gasteiger partial charge on any atom is -0.347 e. The fourth-order valence-corrected chi connectivity index (χ4v) is 3.16. The molecule has 98 valence electrons. The van der Waals surface area contributed by atoms with Crippen molar-refractivity contribution >= 4 is 17.7 Å². The third kappa shape index (κ3) is 3.06. The third-order valence-electron chi connectivity index (χ3n) is 3.20. The number of hydrogen-bond acceptors (Lipinski definition) is 3. The quantitative estimate of drug-likeness (QED) is 0.832. The summed E-state index contributed by atoms with van der Waals surface area (Å²) in [7, 11) is 3.66. The largest absolute Gasteiger partial charge is 0.347 e. The zero-order chi connectivity index (χ0) is 13.0. The first-order valence-corrected chi connectivity index (χ1v) is 7.43. The van der Waals surface area contributed by atoms with E-state index in [1.807, 2.05) is 56.2 Å². The second kappa shape index (κ2) is 6.25. The Morgan fingerprint density at radius 2 is 1.83 bits per heavy atom. The fourth-order valence-electron chi connectivity index (χ4n) is 2.23. The molecule has 0 bridgehead atoms. The molecule has 2 rings (SSSR count). The van der Waals surface area contributed by atoms with Gasteiger partial charge in [0.1, 0.15) is 6.04 Å². The summed E-state index contributed by atoms with van der Waals surface area (Å²) < 4.78 is 0. The highest BCUT2D eigenvalue weighted by molar-refractivity contribution is 7.99. The molecular formula is C14H20N2OS. The lowest BCUT2D eigenvalue weighted by Crippen LogP contribution is -2.43. The first-order valence-electron chi connectivity index (χ1n) is 6.28. The van der Waals surface area contributed by atoms with Crippen molar-refractivity contribution in [3.8, 4) is 0 Å². The second-order valence-electron chi connectivity index (χ2n) is 4.69. The Morgan fingerprint density at radius 3 is 2.39 bits per heavy atom. The van der Waals surface area contributed by atoms with Gasteiger partial charge < -0.3 is 4.90 Å². The monoisotopic (exact) mass is 264 g/mol. The maximum Gasteiger partial charge on any atom is 0.244 e. The number of benzene rings is 1. The summed E-state index contributed by atoms with van der Waals surface area (Å²) in [5.74, 6) is 2.40. The van der Waals surface area contributed by atoms with E-state index < -0.39 is 0 Å². The second-order valence-corrected chi connectivity index (χ2v) is 5.92. The van der Waals surface area contributed by atoms with Crippen molar-refractivity contribution in [3.63, 3.8) is 0 Å². The van der Waals surface area contributed by atoms with E-state index in [4.69, 9.17) is 0 Å². The molecule has 0 saturated carbocycles. The van der Waals surface area contributed by atoms with Crippen molar-refractivity contribution in [2.45, 2.75) is 6.04 Å². The Labute approximate surface area is 113 Å². The molecule has 1 amide bonds. The fraction of sp³-hybridized carbons (Fsp3) is 0.500. The molecule has 1 heterocycles. The van der Waals surface area contributed by atoms with E-state index in [-0.39, 0.29) is 11.9 Å². The van der Waals surface area contributed by atoms with Crippen LogP contribution in [0.5, 0.6) is 0 Å². The van der Waals surface area contributed by atoms with Crippen molar-refractivity contribution in [1.29, 1.82) is 0 Å². The van der Waals surface area contributed by atoms with Crippen molar-refractivity contribution < 1.29 is 4.79 Å². The zero-order valence-corrected chi connectivity index (χ0v) is 11.8. The number of thioether (sulfide) groups is 1. The van der Waals surface area contributed by atoms with E-state index in [2.05, 4.69) is 4.90 Å². The summed E-state index contributed by atoms with van der Waals surface area (Å²) in [4.78, 5) is 16.4. The summed E-state index contributed by atoms with van der Waals surface area (Å²) in [6, 6.07) is 9.98. The Morgan fingerprint density at radius 1 is 1.22 bits per heavy atom. The SMILES string of the molecule is CN(C)C(=O)[C@H](c1ccccc1)N1CCSCC1. The van der Waals surface area contributed by atoms with Crippen LogP contribution in [0, 0.1) is 0 Å². The van der Waals surface area contributed by atoms with Gasteiger partial charge in [-0.05, 0) is 5.56 Å². The zero-order valence-electron chi connectivity index (χ0n) is 11.0. The topological polar surface area (TPSA) is 23.6 Å². The van der Waals surface area contributed by atoms with Gasteiger partial charge in [-0.3, -0.25) is 9.69 Å². The Hall–Kier alpha value is -1.00. The molecule has 18 heavy (non-hydrogen) atoms. The van der Waals surface area contributed by atoms with E-state index in [1.54, 1.807) is 4.90 Å². The van der Waals surface area contributed by atoms with Gasteiger partial charge in [-0.15, -0.1) is 0 Å². The van der Waals surface area contributed by atoms with Gasteiger partial charge in [0, 0.05) is 38.7 Å². The average Bonchev–Trinajstić information content (AvgIpc) is 2.41. The maximum atomic E-state index is 12.4. The predicted molar refractivity (Wildman–Crippen MR) is 76.8 cm³/mol. The summed E-state index contributed by atoms with van der Waals surface area (Å²) in [6.45, 7) is 1.98. The Kier molecular flexibility index (Phi) is 4.66. The molecule has 1 aliphatic heterocycles. The molecule has 4 heteroatoms. The van der Waals surface area contributed by atoms with Crippen LogP contribution < -0.4 is 0 Å². The van der Waals surface area contributed by atoms with Gasteiger partial charge in [-0.1, -0.05) is 30.3 Å². The van der Waals surface area contributed by atoms with Crippen LogP contribution >= 0.6 is 11.8 Å². The molecule has 3 nitrogen and oxygen atoms in total. The molecule has 1 atom stereocenters. The number of amides is 1. The Bertz CT molecular complexity index is 388. The summed E-state index contributed by atoms with van der Waals surface area (Å²) in [5.41, 5.74) is 1.10. The third-order valence-corrected chi connectivity index (χ3v) is 4.14. The standard InChI is InChI=1S/C14H20N2OS/c1-15(2)14(17)13(12-6-4-3-5-7-12)16-8-10-18-11-9-16/h3-7,13H,8-11H2,1-2H3/t13-/m0/s1. The van der Waals surface area contributed by atoms with Crippen LogP contribution in [0.2, 0.25) is 0 Å². The van der Waals surface area contributed by atoms with Gasteiger partial charge in [0.25, 0.3) is 0 Å². The molecule has 0 spiro atoms. The van der Waals surface area contributed by atoms with Gasteiger partial charge in [0.2, 0.25) is 5.91 Å². The van der Waals surface area contributed by atoms with Crippen molar-refractivity contribution in [1.82, 2.24) is 9.80 Å². The molecule has 0 unspecified atom stereocenters. The molecule has 0 aliphatic carbocycles. The molecule has 1 fully saturated rings. The molecule has 1 aromatic rings. The maximum absolute atomic E-state index is 12.4. The van der Waals surface area contributed by atoms with Crippen LogP contribution in [-0.2, 0) is 4.79 Å². The van der Waals surface area contributed by atoms with Crippen LogP contribution in [0.15, 0.2) is 30.3 Å². The number of carbonyl (C=O) groups is 1. The van der Waals surface area contributed by atoms with Crippen molar-refractivity contribution in [2.75, 3.05) is 38.7 Å². The lowest BCUT2D eigenvalue weighted by Gasteiger charge is -2.35. The number of nitrogens with zero attached hydrogens (tertiary/aromatic N) is 2. The van der Waals surface area contributed by atoms with Crippen LogP contribution in [-0.4, -0.2) is 54.4 Å². The van der Waals surface area contributed by atoms with Crippen LogP contribution in [0.1, 0.15) is 11.6 Å². The molecule has 1 aliphatic rings. The molecule has 0 aromatic heterocycles. The van der Waals surface area contributed by atoms with Crippen LogP contribution in [0.3, 0.4) is 0 Å². The van der Waals surface area contributed by atoms with E-state index in [0.717, 1.165) is 30.2 Å². The summed E-state index contributed by atoms with van der Waals surface area (Å²) in [6.07, 6.45) is 0. The van der Waals surface area contributed by atoms with Crippen molar-refractivity contribution in [3.05, 3.63) is 35.9 Å². The van der Waals surface area contributed by atoms with Gasteiger partial charge >= 0.3 is 0 Å². The van der Waals surface area contributed by atoms with Gasteiger partial charge in [0.05, 0.1) is 0 Å². The normalized spacial score (nSPS) is 18.3. The highest BCUT2D eigenvalue weighted by Crippen LogP contribution is 2.25. The summed E-state index contributed by atoms with van der Waals surface area (Å²) in [5, 5.41) is 0. The molecule has 1 saturated heterocycles. The number of likely N-dealkylation sites (N-methyl/N-ethyl adjacent to an activating group) is 1. The van der Waals surface area contributed by atoms with E-state index >= 15 is 0 Å². The van der Waals surface area contributed by atoms with Crippen molar-refractivity contribution in [2.24, 2.45) is 0 Å². The first-order chi connectivity index (χ1) is 8.70. The van der Waals surface area contributed by atoms with E-state index in [0.29, 0.717) is 0 Å². The van der Waals surface area contributed by atoms with E-state index in [9.17, 15) is 4.79 Å². The summed E-state index contributed by atoms with van der Waals surface area (Å²) >= 11 is 1.96. The lowest BCUT2D eigenvalue weighted by atomic mass is 10.0. The van der Waals surface area contributed by atoms with Gasteiger partial charge in [-0.25, -0.2) is 0 Å². The average molecular weight is 264 g/mol. The number of carbonyl (C=O) groups excluding carboxylic acids is 1. The lowest BCUT2D eigenvalue weighted by molar-refractivity contribution is -0.134. The highest BCUT2D eigenvalue weighted by atomic mass is 32.2.